The highest BCUT2D eigenvalue weighted by Gasteiger charge is 2.42. The Labute approximate surface area is 245 Å². The molecule has 0 aliphatic carbocycles. The molecular weight excluding hydrogens is 568 g/mol. The molecule has 0 bridgehead atoms. The average molecular weight is 607 g/mol. The number of hydrogen-bond acceptors (Lipinski definition) is 10. The summed E-state index contributed by atoms with van der Waals surface area (Å²) < 4.78 is 56.1. The van der Waals surface area contributed by atoms with Crippen LogP contribution in [0.2, 0.25) is 0 Å². The molecule has 0 spiro atoms. The van der Waals surface area contributed by atoms with Gasteiger partial charge in [-0.05, 0) is 48.6 Å². The Kier molecular flexibility index (Phi) is 9.43. The van der Waals surface area contributed by atoms with Gasteiger partial charge < -0.3 is 39.2 Å². The normalized spacial score (nSPS) is 22.7. The van der Waals surface area contributed by atoms with Crippen molar-refractivity contribution in [1.82, 2.24) is 9.62 Å². The minimum absolute atomic E-state index is 0.00929. The Morgan fingerprint density at radius 1 is 1.10 bits per heavy atom. The highest BCUT2D eigenvalue weighted by Crippen LogP contribution is 2.36. The number of aliphatic hydroxyl groups is 1. The van der Waals surface area contributed by atoms with Gasteiger partial charge in [0.2, 0.25) is 16.8 Å². The van der Waals surface area contributed by atoms with Crippen LogP contribution >= 0.6 is 0 Å². The van der Waals surface area contributed by atoms with Crippen LogP contribution in [0.4, 0.5) is 4.79 Å². The van der Waals surface area contributed by atoms with Crippen LogP contribution in [0.5, 0.6) is 17.2 Å². The van der Waals surface area contributed by atoms with Gasteiger partial charge in [0.05, 0.1) is 36.9 Å². The van der Waals surface area contributed by atoms with Crippen molar-refractivity contribution in [2.24, 2.45) is 17.8 Å². The Balaban J connectivity index is 1.30. The molecule has 1 amide bonds. The number of aromatic hydroxyl groups is 1. The standard InChI is InChI=1S/C29H38N2O10S/c1-18(2)13-31(42(35,36)22-7-8-26-27(12-22)41-17-40-26)14-25(33)24(11-19-3-5-21(32)6-4-19)30-29(34)39-16-20-15-38-28-23(20)9-10-37-28/h3-8,12,18,20,23-25,28,32-33H,9-11,13-17H2,1-2H3,(H,30,34)/t20?,23-,24?,25-,28?/m0/s1. The molecule has 3 N–H and O–H groups in total. The number of benzene rings is 2. The molecule has 3 unspecified atom stereocenters. The van der Waals surface area contributed by atoms with E-state index in [1.807, 2.05) is 13.8 Å². The topological polar surface area (TPSA) is 153 Å². The molecule has 5 rings (SSSR count). The zero-order chi connectivity index (χ0) is 29.9. The number of hydrogen-bond donors (Lipinski definition) is 3. The van der Waals surface area contributed by atoms with E-state index in [2.05, 4.69) is 5.32 Å². The average Bonchev–Trinajstić information content (AvgIpc) is 3.69. The smallest absolute Gasteiger partial charge is 0.407 e. The number of nitrogens with one attached hydrogen (secondary N) is 1. The summed E-state index contributed by atoms with van der Waals surface area (Å²) in [5.41, 5.74) is 0.723. The fourth-order valence-electron chi connectivity index (χ4n) is 5.47. The number of fused-ring (bicyclic) bond motifs is 2. The van der Waals surface area contributed by atoms with Crippen molar-refractivity contribution in [3.05, 3.63) is 48.0 Å². The molecule has 12 nitrogen and oxygen atoms in total. The second-order valence-electron chi connectivity index (χ2n) is 11.3. The molecule has 0 saturated carbocycles. The van der Waals surface area contributed by atoms with Gasteiger partial charge in [-0.25, -0.2) is 13.2 Å². The Hall–Kier alpha value is -3.10. The molecule has 13 heteroatoms. The van der Waals surface area contributed by atoms with Crippen molar-refractivity contribution in [2.45, 2.75) is 50.0 Å². The Morgan fingerprint density at radius 2 is 1.86 bits per heavy atom. The zero-order valence-corrected chi connectivity index (χ0v) is 24.5. The number of sulfonamides is 1. The number of ether oxygens (including phenoxy) is 5. The van der Waals surface area contributed by atoms with Crippen LogP contribution in [0.25, 0.3) is 0 Å². The Bertz CT molecular complexity index is 1340. The van der Waals surface area contributed by atoms with Gasteiger partial charge in [-0.2, -0.15) is 4.31 Å². The molecular formula is C29H38N2O10S. The van der Waals surface area contributed by atoms with Gasteiger partial charge in [0.15, 0.2) is 17.8 Å². The molecule has 2 aromatic rings. The third-order valence-electron chi connectivity index (χ3n) is 7.69. The maximum atomic E-state index is 13.7. The van der Waals surface area contributed by atoms with Gasteiger partial charge in [-0.3, -0.25) is 0 Å². The lowest BCUT2D eigenvalue weighted by atomic mass is 9.94. The summed E-state index contributed by atoms with van der Waals surface area (Å²) in [5, 5.41) is 23.9. The lowest BCUT2D eigenvalue weighted by Crippen LogP contribution is -2.51. The van der Waals surface area contributed by atoms with Crippen molar-refractivity contribution in [2.75, 3.05) is 39.7 Å². The first-order valence-electron chi connectivity index (χ1n) is 14.1. The number of aliphatic hydroxyl groups excluding tert-OH is 1. The molecule has 0 aromatic heterocycles. The maximum absolute atomic E-state index is 13.7. The van der Waals surface area contributed by atoms with Gasteiger partial charge >= 0.3 is 6.09 Å². The van der Waals surface area contributed by atoms with E-state index in [9.17, 15) is 23.4 Å². The molecule has 2 fully saturated rings. The van der Waals surface area contributed by atoms with Crippen LogP contribution in [-0.4, -0.2) is 87.2 Å². The summed E-state index contributed by atoms with van der Waals surface area (Å²) in [5.74, 6) is 1.000. The third-order valence-corrected chi connectivity index (χ3v) is 9.52. The summed E-state index contributed by atoms with van der Waals surface area (Å²) in [7, 11) is -4.05. The van der Waals surface area contributed by atoms with Crippen LogP contribution in [0.15, 0.2) is 47.4 Å². The van der Waals surface area contributed by atoms with Crippen molar-refractivity contribution in [3.8, 4) is 17.2 Å². The molecule has 0 radical (unpaired) electrons. The predicted octanol–water partition coefficient (Wildman–Crippen LogP) is 2.48. The van der Waals surface area contributed by atoms with Crippen molar-refractivity contribution < 1.29 is 47.1 Å². The van der Waals surface area contributed by atoms with Crippen LogP contribution in [0.1, 0.15) is 25.8 Å². The number of phenolic OH excluding ortho intramolecular Hbond substituents is 1. The molecule has 2 saturated heterocycles. The molecule has 42 heavy (non-hydrogen) atoms. The highest BCUT2D eigenvalue weighted by molar-refractivity contribution is 7.89. The predicted molar refractivity (Wildman–Crippen MR) is 150 cm³/mol. The van der Waals surface area contributed by atoms with E-state index in [-0.39, 0.29) is 67.6 Å². The monoisotopic (exact) mass is 606 g/mol. The Morgan fingerprint density at radius 3 is 2.62 bits per heavy atom. The lowest BCUT2D eigenvalue weighted by molar-refractivity contribution is -0.0906. The van der Waals surface area contributed by atoms with Gasteiger partial charge in [-0.15, -0.1) is 0 Å². The maximum Gasteiger partial charge on any atom is 0.407 e. The molecule has 3 aliphatic rings. The second kappa shape index (κ2) is 13.0. The SMILES string of the molecule is CC(C)CN(C[C@H](O)C(Cc1ccc(O)cc1)NC(=O)OCC1COC2OCC[C@@H]12)S(=O)(=O)c1ccc2c(c1)OCO2. The largest absolute Gasteiger partial charge is 0.508 e. The first-order chi connectivity index (χ1) is 20.1. The van der Waals surface area contributed by atoms with Gasteiger partial charge in [0, 0.05) is 31.0 Å². The highest BCUT2D eigenvalue weighted by atomic mass is 32.2. The first-order valence-corrected chi connectivity index (χ1v) is 15.6. The van der Waals surface area contributed by atoms with Crippen molar-refractivity contribution >= 4 is 16.1 Å². The molecule has 2 aromatic carbocycles. The van der Waals surface area contributed by atoms with Crippen LogP contribution in [-0.2, 0) is 30.7 Å². The van der Waals surface area contributed by atoms with Gasteiger partial charge in [0.25, 0.3) is 0 Å². The number of alkyl carbamates (subject to hydrolysis) is 1. The first kappa shape index (κ1) is 30.4. The van der Waals surface area contributed by atoms with E-state index >= 15 is 0 Å². The quantitative estimate of drug-likeness (QED) is 0.328. The van der Waals surface area contributed by atoms with E-state index in [4.69, 9.17) is 23.7 Å². The van der Waals surface area contributed by atoms with Crippen LogP contribution < -0.4 is 14.8 Å². The third kappa shape index (κ3) is 7.09. The van der Waals surface area contributed by atoms with E-state index in [1.165, 1.54) is 28.6 Å². The fourth-order valence-corrected chi connectivity index (χ4v) is 7.11. The van der Waals surface area contributed by atoms with E-state index in [0.29, 0.717) is 24.7 Å². The molecule has 5 atom stereocenters. The van der Waals surface area contributed by atoms with E-state index < -0.39 is 28.3 Å². The minimum atomic E-state index is -4.05. The second-order valence-corrected chi connectivity index (χ2v) is 13.2. The number of phenols is 1. The van der Waals surface area contributed by atoms with Gasteiger partial charge in [-0.1, -0.05) is 26.0 Å². The van der Waals surface area contributed by atoms with Crippen LogP contribution in [0, 0.1) is 17.8 Å². The van der Waals surface area contributed by atoms with Crippen molar-refractivity contribution in [1.29, 1.82) is 0 Å². The summed E-state index contributed by atoms with van der Waals surface area (Å²) in [6.07, 6.45) is -1.28. The summed E-state index contributed by atoms with van der Waals surface area (Å²) in [6, 6.07) is 9.86. The van der Waals surface area contributed by atoms with Crippen molar-refractivity contribution in [3.63, 3.8) is 0 Å². The number of carbonyl (C=O) groups excluding carboxylic acids is 1. The number of carbonyl (C=O) groups is 1. The minimum Gasteiger partial charge on any atom is -0.508 e. The zero-order valence-electron chi connectivity index (χ0n) is 23.7. The number of amides is 1. The van der Waals surface area contributed by atoms with E-state index in [0.717, 1.165) is 12.0 Å². The molecule has 230 valence electrons. The molecule has 3 heterocycles. The summed E-state index contributed by atoms with van der Waals surface area (Å²) in [4.78, 5) is 12.9. The number of rotatable bonds is 12. The fraction of sp³-hybridized carbons (Fsp3) is 0.552. The van der Waals surface area contributed by atoms with E-state index in [1.54, 1.807) is 18.2 Å². The number of nitrogens with zero attached hydrogens (tertiary/aromatic N) is 1. The summed E-state index contributed by atoms with van der Waals surface area (Å²) in [6.45, 7) is 4.81. The lowest BCUT2D eigenvalue weighted by Gasteiger charge is -2.30. The molecule has 3 aliphatic heterocycles. The van der Waals surface area contributed by atoms with Crippen LogP contribution in [0.3, 0.4) is 0 Å². The van der Waals surface area contributed by atoms with Gasteiger partial charge in [0.1, 0.15) is 5.75 Å². The summed E-state index contributed by atoms with van der Waals surface area (Å²) >= 11 is 0.